The Kier molecular flexibility index (Phi) is 3.65. The lowest BCUT2D eigenvalue weighted by Crippen LogP contribution is -2.30. The molecule has 0 aromatic heterocycles. The Bertz CT molecular complexity index is 311. The number of allylic oxidation sites excluding steroid dienone is 4. The Morgan fingerprint density at radius 1 is 1.43 bits per heavy atom. The molecule has 1 amide bonds. The van der Waals surface area contributed by atoms with Crippen LogP contribution in [0, 0.1) is 5.92 Å². The molecule has 1 aliphatic rings. The topological polar surface area (TPSA) is 55.1 Å². The summed E-state index contributed by atoms with van der Waals surface area (Å²) in [5, 5.41) is 0. The minimum Gasteiger partial charge on any atom is -0.290 e. The molecule has 76 valence electrons. The first-order chi connectivity index (χ1) is 6.65. The summed E-state index contributed by atoms with van der Waals surface area (Å²) in [6.45, 7) is 4.26. The van der Waals surface area contributed by atoms with E-state index in [1.54, 1.807) is 6.08 Å². The van der Waals surface area contributed by atoms with Gasteiger partial charge in [0.15, 0.2) is 0 Å². The van der Waals surface area contributed by atoms with Gasteiger partial charge in [0, 0.05) is 5.57 Å². The van der Waals surface area contributed by atoms with Crippen LogP contribution in [0.5, 0.6) is 0 Å². The van der Waals surface area contributed by atoms with Crippen LogP contribution < -0.4 is 11.3 Å². The van der Waals surface area contributed by atoms with Gasteiger partial charge in [-0.05, 0) is 24.0 Å². The Morgan fingerprint density at radius 3 is 2.71 bits per heavy atom. The summed E-state index contributed by atoms with van der Waals surface area (Å²) >= 11 is 0. The first-order valence-electron chi connectivity index (χ1n) is 4.74. The van der Waals surface area contributed by atoms with Crippen molar-refractivity contribution in [1.29, 1.82) is 0 Å². The zero-order chi connectivity index (χ0) is 10.6. The molecule has 3 N–H and O–H groups in total. The van der Waals surface area contributed by atoms with E-state index in [0.717, 1.165) is 6.42 Å². The largest absolute Gasteiger partial charge is 0.290 e. The lowest BCUT2D eigenvalue weighted by molar-refractivity contribution is -0.117. The van der Waals surface area contributed by atoms with E-state index in [4.69, 9.17) is 5.84 Å². The van der Waals surface area contributed by atoms with Crippen molar-refractivity contribution in [2.45, 2.75) is 20.3 Å². The molecule has 3 heteroatoms. The maximum absolute atomic E-state index is 11.2. The molecule has 0 bridgehead atoms. The number of nitrogens with one attached hydrogen (secondary N) is 1. The van der Waals surface area contributed by atoms with Gasteiger partial charge in [-0.2, -0.15) is 0 Å². The standard InChI is InChI=1S/C11H16N2O/c1-8(2)9-4-3-5-10(7-6-9)11(14)13-12/h4-8H,3,12H2,1-2H3,(H,13,14). The van der Waals surface area contributed by atoms with Gasteiger partial charge in [-0.1, -0.05) is 32.1 Å². The minimum absolute atomic E-state index is 0.236. The summed E-state index contributed by atoms with van der Waals surface area (Å²) in [4.78, 5) is 11.2. The first kappa shape index (κ1) is 10.7. The predicted molar refractivity (Wildman–Crippen MR) is 57.1 cm³/mol. The van der Waals surface area contributed by atoms with Crippen LogP contribution in [0.3, 0.4) is 0 Å². The molecule has 0 atom stereocenters. The van der Waals surface area contributed by atoms with E-state index in [1.165, 1.54) is 5.57 Å². The Hall–Kier alpha value is -1.35. The fraction of sp³-hybridized carbons (Fsp3) is 0.364. The van der Waals surface area contributed by atoms with Crippen LogP contribution in [0.1, 0.15) is 20.3 Å². The number of amides is 1. The normalized spacial score (nSPS) is 16.0. The van der Waals surface area contributed by atoms with E-state index in [2.05, 4.69) is 25.3 Å². The van der Waals surface area contributed by atoms with Gasteiger partial charge in [0.05, 0.1) is 0 Å². The zero-order valence-electron chi connectivity index (χ0n) is 8.58. The van der Waals surface area contributed by atoms with Crippen LogP contribution >= 0.6 is 0 Å². The summed E-state index contributed by atoms with van der Waals surface area (Å²) < 4.78 is 0. The maximum Gasteiger partial charge on any atom is 0.264 e. The summed E-state index contributed by atoms with van der Waals surface area (Å²) in [5.41, 5.74) is 4.00. The van der Waals surface area contributed by atoms with Crippen molar-refractivity contribution in [3.63, 3.8) is 0 Å². The molecule has 1 aliphatic carbocycles. The Balaban J connectivity index is 2.77. The van der Waals surface area contributed by atoms with E-state index in [9.17, 15) is 4.79 Å². The quantitative estimate of drug-likeness (QED) is 0.395. The minimum atomic E-state index is -0.236. The average molecular weight is 192 g/mol. The van der Waals surface area contributed by atoms with Crippen molar-refractivity contribution >= 4 is 5.91 Å². The fourth-order valence-electron chi connectivity index (χ4n) is 1.32. The highest BCUT2D eigenvalue weighted by Gasteiger charge is 2.07. The van der Waals surface area contributed by atoms with E-state index in [1.807, 2.05) is 12.2 Å². The smallest absolute Gasteiger partial charge is 0.264 e. The third-order valence-corrected chi connectivity index (χ3v) is 2.21. The van der Waals surface area contributed by atoms with Crippen LogP contribution in [-0.2, 0) is 4.79 Å². The van der Waals surface area contributed by atoms with Gasteiger partial charge in [0.2, 0.25) is 0 Å². The third kappa shape index (κ3) is 2.57. The van der Waals surface area contributed by atoms with Crippen molar-refractivity contribution < 1.29 is 4.79 Å². The molecule has 0 saturated carbocycles. The highest BCUT2D eigenvalue weighted by molar-refractivity contribution is 5.95. The van der Waals surface area contributed by atoms with Crippen LogP contribution in [-0.4, -0.2) is 5.91 Å². The molecule has 3 nitrogen and oxygen atoms in total. The average Bonchev–Trinajstić information content (AvgIpc) is 2.41. The molecule has 0 unspecified atom stereocenters. The number of carbonyl (C=O) groups is 1. The Morgan fingerprint density at radius 2 is 2.14 bits per heavy atom. The van der Waals surface area contributed by atoms with Crippen LogP contribution in [0.25, 0.3) is 0 Å². The van der Waals surface area contributed by atoms with Gasteiger partial charge in [0.1, 0.15) is 0 Å². The van der Waals surface area contributed by atoms with Crippen molar-refractivity contribution in [3.05, 3.63) is 35.5 Å². The van der Waals surface area contributed by atoms with Crippen molar-refractivity contribution in [3.8, 4) is 0 Å². The Labute approximate surface area is 84.3 Å². The number of hydrogen-bond donors (Lipinski definition) is 2. The second kappa shape index (κ2) is 4.77. The second-order valence-electron chi connectivity index (χ2n) is 3.56. The van der Waals surface area contributed by atoms with Gasteiger partial charge in [-0.15, -0.1) is 0 Å². The van der Waals surface area contributed by atoms with Crippen LogP contribution in [0.15, 0.2) is 35.5 Å². The van der Waals surface area contributed by atoms with E-state index in [-0.39, 0.29) is 5.91 Å². The van der Waals surface area contributed by atoms with Crippen molar-refractivity contribution in [1.82, 2.24) is 5.43 Å². The predicted octanol–water partition coefficient (Wildman–Crippen LogP) is 1.44. The van der Waals surface area contributed by atoms with Gasteiger partial charge in [-0.25, -0.2) is 5.84 Å². The molecule has 14 heavy (non-hydrogen) atoms. The van der Waals surface area contributed by atoms with E-state index < -0.39 is 0 Å². The number of hydrogen-bond acceptors (Lipinski definition) is 2. The molecule has 0 fully saturated rings. The molecule has 0 aromatic rings. The maximum atomic E-state index is 11.2. The highest BCUT2D eigenvalue weighted by atomic mass is 16.2. The van der Waals surface area contributed by atoms with E-state index in [0.29, 0.717) is 11.5 Å². The summed E-state index contributed by atoms with van der Waals surface area (Å²) in [5.74, 6) is 5.31. The molecule has 0 spiro atoms. The van der Waals surface area contributed by atoms with Gasteiger partial charge in [0.25, 0.3) is 5.91 Å². The van der Waals surface area contributed by atoms with Gasteiger partial charge < -0.3 is 0 Å². The SMILES string of the molecule is CC(C)C1=CCC=C(C(=O)NN)C=C1. The van der Waals surface area contributed by atoms with Gasteiger partial charge in [-0.3, -0.25) is 10.2 Å². The fourth-order valence-corrected chi connectivity index (χ4v) is 1.32. The van der Waals surface area contributed by atoms with Crippen molar-refractivity contribution in [2.24, 2.45) is 11.8 Å². The summed E-state index contributed by atoms with van der Waals surface area (Å²) in [6, 6.07) is 0. The second-order valence-corrected chi connectivity index (χ2v) is 3.56. The molecule has 0 aliphatic heterocycles. The number of hydrazine groups is 1. The molecule has 0 radical (unpaired) electrons. The van der Waals surface area contributed by atoms with Crippen LogP contribution in [0.2, 0.25) is 0 Å². The number of nitrogens with two attached hydrogens (primary N) is 1. The molecule has 1 rings (SSSR count). The summed E-state index contributed by atoms with van der Waals surface area (Å²) in [7, 11) is 0. The van der Waals surface area contributed by atoms with E-state index >= 15 is 0 Å². The third-order valence-electron chi connectivity index (χ3n) is 2.21. The lowest BCUT2D eigenvalue weighted by Gasteiger charge is -2.03. The monoisotopic (exact) mass is 192 g/mol. The lowest BCUT2D eigenvalue weighted by atomic mass is 10.0. The molecular formula is C11H16N2O. The van der Waals surface area contributed by atoms with Crippen LogP contribution in [0.4, 0.5) is 0 Å². The molecule has 0 aromatic carbocycles. The molecular weight excluding hydrogens is 176 g/mol. The van der Waals surface area contributed by atoms with Crippen molar-refractivity contribution in [2.75, 3.05) is 0 Å². The molecule has 0 saturated heterocycles. The first-order valence-corrected chi connectivity index (χ1v) is 4.74. The zero-order valence-corrected chi connectivity index (χ0v) is 8.58. The number of carbonyl (C=O) groups excluding carboxylic acids is 1. The van der Waals surface area contributed by atoms with Gasteiger partial charge >= 0.3 is 0 Å². The number of rotatable bonds is 2. The molecule has 0 heterocycles. The highest BCUT2D eigenvalue weighted by Crippen LogP contribution is 2.17. The summed E-state index contributed by atoms with van der Waals surface area (Å²) in [6.07, 6.45) is 8.55.